The second-order valence-electron chi connectivity index (χ2n) is 4.58. The molecule has 0 aliphatic heterocycles. The molecule has 0 aliphatic carbocycles. The average Bonchev–Trinajstić information content (AvgIpc) is 2.44. The predicted octanol–water partition coefficient (Wildman–Crippen LogP) is 4.51. The summed E-state index contributed by atoms with van der Waals surface area (Å²) in [6.07, 6.45) is 0.575. The second kappa shape index (κ2) is 6.82. The number of nitrogens with one attached hydrogen (secondary N) is 1. The van der Waals surface area contributed by atoms with Crippen LogP contribution in [-0.4, -0.2) is 6.54 Å². The molecule has 0 heterocycles. The maximum Gasteiger partial charge on any atom is 0.163 e. The van der Waals surface area contributed by atoms with Crippen molar-refractivity contribution in [1.29, 1.82) is 0 Å². The SMILES string of the molecule is CCNC(Cc1ccc(Cl)cc1)c1cccc(F)c1F. The quantitative estimate of drug-likeness (QED) is 0.855. The van der Waals surface area contributed by atoms with E-state index in [9.17, 15) is 8.78 Å². The summed E-state index contributed by atoms with van der Waals surface area (Å²) in [5.74, 6) is -1.60. The Morgan fingerprint density at radius 2 is 1.80 bits per heavy atom. The second-order valence-corrected chi connectivity index (χ2v) is 5.02. The third-order valence-electron chi connectivity index (χ3n) is 3.16. The monoisotopic (exact) mass is 295 g/mol. The highest BCUT2D eigenvalue weighted by Gasteiger charge is 2.17. The minimum atomic E-state index is -0.818. The zero-order valence-electron chi connectivity index (χ0n) is 11.2. The van der Waals surface area contributed by atoms with Gasteiger partial charge in [-0.05, 0) is 36.7 Å². The molecule has 1 nitrogen and oxygen atoms in total. The lowest BCUT2D eigenvalue weighted by molar-refractivity contribution is 0.464. The van der Waals surface area contributed by atoms with E-state index in [0.29, 0.717) is 23.6 Å². The van der Waals surface area contributed by atoms with Crippen LogP contribution in [0.25, 0.3) is 0 Å². The van der Waals surface area contributed by atoms with Crippen LogP contribution in [-0.2, 0) is 6.42 Å². The maximum absolute atomic E-state index is 13.9. The molecule has 2 aromatic rings. The van der Waals surface area contributed by atoms with Crippen LogP contribution in [0.1, 0.15) is 24.1 Å². The number of benzene rings is 2. The Balaban J connectivity index is 2.26. The van der Waals surface area contributed by atoms with Crippen LogP contribution in [0, 0.1) is 11.6 Å². The van der Waals surface area contributed by atoms with Gasteiger partial charge < -0.3 is 5.32 Å². The molecule has 106 valence electrons. The number of rotatable bonds is 5. The number of likely N-dealkylation sites (N-methyl/N-ethyl adjacent to an activating group) is 1. The Morgan fingerprint density at radius 1 is 1.10 bits per heavy atom. The molecule has 0 amide bonds. The highest BCUT2D eigenvalue weighted by atomic mass is 35.5. The lowest BCUT2D eigenvalue weighted by Crippen LogP contribution is -2.24. The summed E-state index contributed by atoms with van der Waals surface area (Å²) in [6.45, 7) is 2.61. The van der Waals surface area contributed by atoms with E-state index in [0.717, 1.165) is 11.6 Å². The van der Waals surface area contributed by atoms with Crippen molar-refractivity contribution in [3.05, 3.63) is 70.2 Å². The first kappa shape index (κ1) is 14.9. The zero-order chi connectivity index (χ0) is 14.5. The van der Waals surface area contributed by atoms with Gasteiger partial charge in [0.15, 0.2) is 11.6 Å². The van der Waals surface area contributed by atoms with Gasteiger partial charge >= 0.3 is 0 Å². The van der Waals surface area contributed by atoms with Crippen molar-refractivity contribution < 1.29 is 8.78 Å². The Bertz CT molecular complexity index is 569. The Morgan fingerprint density at radius 3 is 2.45 bits per heavy atom. The molecule has 0 radical (unpaired) electrons. The first-order valence-corrected chi connectivity index (χ1v) is 6.91. The summed E-state index contributed by atoms with van der Waals surface area (Å²) in [7, 11) is 0. The molecule has 20 heavy (non-hydrogen) atoms. The van der Waals surface area contributed by atoms with E-state index in [-0.39, 0.29) is 6.04 Å². The zero-order valence-corrected chi connectivity index (χ0v) is 11.9. The Labute approximate surface area is 122 Å². The minimum absolute atomic E-state index is 0.267. The lowest BCUT2D eigenvalue weighted by Gasteiger charge is -2.19. The predicted molar refractivity (Wildman–Crippen MR) is 77.9 cm³/mol. The van der Waals surface area contributed by atoms with Crippen LogP contribution >= 0.6 is 11.6 Å². The van der Waals surface area contributed by atoms with E-state index < -0.39 is 11.6 Å². The van der Waals surface area contributed by atoms with Crippen LogP contribution in [0.2, 0.25) is 5.02 Å². The van der Waals surface area contributed by atoms with Crippen molar-refractivity contribution in [1.82, 2.24) is 5.32 Å². The average molecular weight is 296 g/mol. The van der Waals surface area contributed by atoms with Gasteiger partial charge in [-0.3, -0.25) is 0 Å². The van der Waals surface area contributed by atoms with Gasteiger partial charge in [0.05, 0.1) is 0 Å². The molecular formula is C16H16ClF2N. The van der Waals surface area contributed by atoms with Gasteiger partial charge in [-0.1, -0.05) is 42.8 Å². The molecule has 1 atom stereocenters. The van der Waals surface area contributed by atoms with E-state index >= 15 is 0 Å². The summed E-state index contributed by atoms with van der Waals surface area (Å²) < 4.78 is 27.3. The summed E-state index contributed by atoms with van der Waals surface area (Å²) in [6, 6.07) is 11.4. The maximum atomic E-state index is 13.9. The van der Waals surface area contributed by atoms with Gasteiger partial charge in [0.1, 0.15) is 0 Å². The molecule has 1 unspecified atom stereocenters. The first-order valence-electron chi connectivity index (χ1n) is 6.53. The van der Waals surface area contributed by atoms with E-state index in [1.807, 2.05) is 19.1 Å². The van der Waals surface area contributed by atoms with Gasteiger partial charge in [0.2, 0.25) is 0 Å². The molecule has 0 aromatic heterocycles. The fourth-order valence-corrected chi connectivity index (χ4v) is 2.31. The molecular weight excluding hydrogens is 280 g/mol. The van der Waals surface area contributed by atoms with Crippen molar-refractivity contribution in [3.63, 3.8) is 0 Å². The van der Waals surface area contributed by atoms with Gasteiger partial charge in [0.25, 0.3) is 0 Å². The van der Waals surface area contributed by atoms with Crippen LogP contribution in [0.3, 0.4) is 0 Å². The van der Waals surface area contributed by atoms with Gasteiger partial charge in [0, 0.05) is 16.6 Å². The topological polar surface area (TPSA) is 12.0 Å². The molecule has 0 saturated heterocycles. The standard InChI is InChI=1S/C16H16ClF2N/c1-2-20-15(10-11-6-8-12(17)9-7-11)13-4-3-5-14(18)16(13)19/h3-9,15,20H,2,10H2,1H3. The fourth-order valence-electron chi connectivity index (χ4n) is 2.18. The Hall–Kier alpha value is -1.45. The highest BCUT2D eigenvalue weighted by molar-refractivity contribution is 6.30. The van der Waals surface area contributed by atoms with Gasteiger partial charge in [-0.2, -0.15) is 0 Å². The Kier molecular flexibility index (Phi) is 5.10. The molecule has 2 aromatic carbocycles. The van der Waals surface area contributed by atoms with E-state index in [4.69, 9.17) is 11.6 Å². The van der Waals surface area contributed by atoms with Crippen LogP contribution < -0.4 is 5.32 Å². The van der Waals surface area contributed by atoms with Crippen molar-refractivity contribution >= 4 is 11.6 Å². The van der Waals surface area contributed by atoms with Gasteiger partial charge in [-0.25, -0.2) is 8.78 Å². The van der Waals surface area contributed by atoms with Crippen LogP contribution in [0.5, 0.6) is 0 Å². The third-order valence-corrected chi connectivity index (χ3v) is 3.41. The van der Waals surface area contributed by atoms with Crippen molar-refractivity contribution in [2.24, 2.45) is 0 Å². The molecule has 0 fully saturated rings. The molecule has 0 spiro atoms. The fraction of sp³-hybridized carbons (Fsp3) is 0.250. The number of hydrogen-bond acceptors (Lipinski definition) is 1. The van der Waals surface area contributed by atoms with Gasteiger partial charge in [-0.15, -0.1) is 0 Å². The minimum Gasteiger partial charge on any atom is -0.310 e. The van der Waals surface area contributed by atoms with Crippen LogP contribution in [0.4, 0.5) is 8.78 Å². The molecule has 0 bridgehead atoms. The number of hydrogen-bond donors (Lipinski definition) is 1. The summed E-state index contributed by atoms with van der Waals surface area (Å²) >= 11 is 5.85. The van der Waals surface area contributed by atoms with E-state index in [1.54, 1.807) is 18.2 Å². The highest BCUT2D eigenvalue weighted by Crippen LogP contribution is 2.23. The molecule has 1 N–H and O–H groups in total. The molecule has 2 rings (SSSR count). The molecule has 4 heteroatoms. The summed E-state index contributed by atoms with van der Waals surface area (Å²) in [4.78, 5) is 0. The van der Waals surface area contributed by atoms with Crippen LogP contribution in [0.15, 0.2) is 42.5 Å². The first-order chi connectivity index (χ1) is 9.61. The third kappa shape index (κ3) is 3.56. The van der Waals surface area contributed by atoms with E-state index in [1.165, 1.54) is 6.07 Å². The largest absolute Gasteiger partial charge is 0.310 e. The molecule has 0 saturated carbocycles. The number of halogens is 3. The van der Waals surface area contributed by atoms with E-state index in [2.05, 4.69) is 5.32 Å². The summed E-state index contributed by atoms with van der Waals surface area (Å²) in [5, 5.41) is 3.85. The normalized spacial score (nSPS) is 12.4. The van der Waals surface area contributed by atoms with Crippen molar-refractivity contribution in [2.45, 2.75) is 19.4 Å². The molecule has 0 aliphatic rings. The lowest BCUT2D eigenvalue weighted by atomic mass is 9.98. The van der Waals surface area contributed by atoms with Crippen molar-refractivity contribution in [2.75, 3.05) is 6.54 Å². The van der Waals surface area contributed by atoms with Crippen molar-refractivity contribution in [3.8, 4) is 0 Å². The smallest absolute Gasteiger partial charge is 0.163 e. The summed E-state index contributed by atoms with van der Waals surface area (Å²) in [5.41, 5.74) is 1.37.